The summed E-state index contributed by atoms with van der Waals surface area (Å²) in [6, 6.07) is 8.39. The van der Waals surface area contributed by atoms with E-state index in [9.17, 15) is 19.8 Å². The highest BCUT2D eigenvalue weighted by Gasteiger charge is 2.31. The molecule has 0 radical (unpaired) electrons. The van der Waals surface area contributed by atoms with Crippen LogP contribution in [0.15, 0.2) is 30.3 Å². The lowest BCUT2D eigenvalue weighted by Crippen LogP contribution is -2.11. The fourth-order valence-corrected chi connectivity index (χ4v) is 3.59. The average molecular weight is 412 g/mol. The minimum Gasteiger partial charge on any atom is -0.507 e. The molecule has 0 fully saturated rings. The third kappa shape index (κ3) is 4.58. The van der Waals surface area contributed by atoms with E-state index >= 15 is 0 Å². The molecular weight excluding hydrogens is 384 g/mol. The SMILES string of the molecule is CCCCCCOc1ccc(C(=O)c2c(O)c(C(C)C(=O)O)cc3c2OCC3)cc1. The van der Waals surface area contributed by atoms with Crippen LogP contribution in [0.2, 0.25) is 0 Å². The van der Waals surface area contributed by atoms with Crippen LogP contribution >= 0.6 is 0 Å². The Morgan fingerprint density at radius 3 is 2.57 bits per heavy atom. The number of hydrogen-bond acceptors (Lipinski definition) is 5. The van der Waals surface area contributed by atoms with Crippen molar-refractivity contribution in [3.05, 3.63) is 52.6 Å². The molecule has 2 aromatic carbocycles. The molecule has 1 unspecified atom stereocenters. The second-order valence-corrected chi connectivity index (χ2v) is 7.60. The Kier molecular flexibility index (Phi) is 6.98. The van der Waals surface area contributed by atoms with E-state index in [-0.39, 0.29) is 16.9 Å². The molecule has 2 aromatic rings. The summed E-state index contributed by atoms with van der Waals surface area (Å²) < 4.78 is 11.3. The van der Waals surface area contributed by atoms with E-state index < -0.39 is 17.7 Å². The van der Waals surface area contributed by atoms with Gasteiger partial charge in [0.25, 0.3) is 0 Å². The average Bonchev–Trinajstić information content (AvgIpc) is 3.20. The molecule has 1 heterocycles. The summed E-state index contributed by atoms with van der Waals surface area (Å²) in [5, 5.41) is 20.1. The Labute approximate surface area is 176 Å². The second kappa shape index (κ2) is 9.65. The molecule has 1 atom stereocenters. The number of ether oxygens (including phenoxy) is 2. The lowest BCUT2D eigenvalue weighted by atomic mass is 9.90. The molecule has 0 amide bonds. The van der Waals surface area contributed by atoms with Gasteiger partial charge in [-0.05, 0) is 49.2 Å². The first-order valence-electron chi connectivity index (χ1n) is 10.5. The number of carbonyl (C=O) groups is 2. The van der Waals surface area contributed by atoms with Crippen molar-refractivity contribution in [2.75, 3.05) is 13.2 Å². The first-order valence-corrected chi connectivity index (χ1v) is 10.5. The first-order chi connectivity index (χ1) is 14.4. The van der Waals surface area contributed by atoms with Crippen molar-refractivity contribution >= 4 is 11.8 Å². The lowest BCUT2D eigenvalue weighted by Gasteiger charge is -2.16. The standard InChI is InChI=1S/C24H28O6/c1-3-4-5-6-12-29-18-9-7-16(8-10-18)21(25)20-22(26)19(15(2)24(27)28)14-17-11-13-30-23(17)20/h7-10,14-15,26H,3-6,11-13H2,1-2H3,(H,27,28). The largest absolute Gasteiger partial charge is 0.507 e. The van der Waals surface area contributed by atoms with Crippen LogP contribution in [0.5, 0.6) is 17.2 Å². The van der Waals surface area contributed by atoms with E-state index in [4.69, 9.17) is 9.47 Å². The monoisotopic (exact) mass is 412 g/mol. The molecule has 0 saturated carbocycles. The summed E-state index contributed by atoms with van der Waals surface area (Å²) >= 11 is 0. The molecule has 0 aromatic heterocycles. The highest BCUT2D eigenvalue weighted by Crippen LogP contribution is 2.42. The molecule has 1 aliphatic rings. The maximum Gasteiger partial charge on any atom is 0.310 e. The van der Waals surface area contributed by atoms with Crippen molar-refractivity contribution in [3.8, 4) is 17.2 Å². The summed E-state index contributed by atoms with van der Waals surface area (Å²) in [5.41, 5.74) is 1.37. The highest BCUT2D eigenvalue weighted by molar-refractivity contribution is 6.13. The van der Waals surface area contributed by atoms with Crippen molar-refractivity contribution in [2.45, 2.75) is 51.9 Å². The van der Waals surface area contributed by atoms with Crippen molar-refractivity contribution < 1.29 is 29.3 Å². The van der Waals surface area contributed by atoms with Gasteiger partial charge in [-0.1, -0.05) is 26.2 Å². The van der Waals surface area contributed by atoms with E-state index in [1.807, 2.05) is 0 Å². The Balaban J connectivity index is 1.83. The van der Waals surface area contributed by atoms with Gasteiger partial charge >= 0.3 is 5.97 Å². The minimum atomic E-state index is -1.07. The number of phenols is 1. The van der Waals surface area contributed by atoms with Gasteiger partial charge < -0.3 is 19.7 Å². The molecule has 0 aliphatic carbocycles. The molecule has 3 rings (SSSR count). The second-order valence-electron chi connectivity index (χ2n) is 7.60. The zero-order valence-electron chi connectivity index (χ0n) is 17.4. The number of carboxylic acid groups (broad SMARTS) is 1. The van der Waals surface area contributed by atoms with Crippen LogP contribution in [0.25, 0.3) is 0 Å². The normalized spacial score (nSPS) is 13.4. The number of unbranched alkanes of at least 4 members (excludes halogenated alkanes) is 3. The van der Waals surface area contributed by atoms with Crippen LogP contribution in [-0.2, 0) is 11.2 Å². The van der Waals surface area contributed by atoms with Crippen LogP contribution in [0.1, 0.15) is 72.5 Å². The molecule has 1 aliphatic heterocycles. The van der Waals surface area contributed by atoms with Gasteiger partial charge in [0.15, 0.2) is 0 Å². The molecule has 2 N–H and O–H groups in total. The number of ketones is 1. The third-order valence-electron chi connectivity index (χ3n) is 5.42. The molecule has 6 heteroatoms. The number of aromatic hydroxyl groups is 1. The van der Waals surface area contributed by atoms with Crippen molar-refractivity contribution in [1.82, 2.24) is 0 Å². The summed E-state index contributed by atoms with van der Waals surface area (Å²) in [7, 11) is 0. The topological polar surface area (TPSA) is 93.1 Å². The van der Waals surface area contributed by atoms with Gasteiger partial charge in [0.1, 0.15) is 22.8 Å². The fourth-order valence-electron chi connectivity index (χ4n) is 3.59. The summed E-state index contributed by atoms with van der Waals surface area (Å²) in [4.78, 5) is 24.6. The smallest absolute Gasteiger partial charge is 0.310 e. The Morgan fingerprint density at radius 2 is 1.90 bits per heavy atom. The Hall–Kier alpha value is -3.02. The Bertz CT molecular complexity index is 916. The zero-order valence-corrected chi connectivity index (χ0v) is 17.4. The van der Waals surface area contributed by atoms with E-state index in [1.165, 1.54) is 19.8 Å². The first kappa shape index (κ1) is 21.7. The number of aliphatic carboxylic acids is 1. The van der Waals surface area contributed by atoms with Crippen LogP contribution < -0.4 is 9.47 Å². The van der Waals surface area contributed by atoms with E-state index in [0.29, 0.717) is 36.7 Å². The van der Waals surface area contributed by atoms with Crippen LogP contribution in [0.3, 0.4) is 0 Å². The maximum absolute atomic E-state index is 13.2. The predicted molar refractivity (Wildman–Crippen MR) is 113 cm³/mol. The number of hydrogen-bond donors (Lipinski definition) is 2. The Morgan fingerprint density at radius 1 is 1.17 bits per heavy atom. The van der Waals surface area contributed by atoms with Crippen LogP contribution in [0.4, 0.5) is 0 Å². The number of phenolic OH excluding ortho intramolecular Hbond substituents is 1. The summed E-state index contributed by atoms with van der Waals surface area (Å²) in [6.45, 7) is 4.67. The fraction of sp³-hybridized carbons (Fsp3) is 0.417. The van der Waals surface area contributed by atoms with Gasteiger partial charge in [0.2, 0.25) is 5.78 Å². The molecule has 6 nitrogen and oxygen atoms in total. The number of carbonyl (C=O) groups excluding carboxylic acids is 1. The van der Waals surface area contributed by atoms with E-state index in [0.717, 1.165) is 18.4 Å². The minimum absolute atomic E-state index is 0.0290. The van der Waals surface area contributed by atoms with Gasteiger partial charge in [-0.25, -0.2) is 0 Å². The summed E-state index contributed by atoms with van der Waals surface area (Å²) in [6.07, 6.45) is 5.04. The number of benzene rings is 2. The molecular formula is C24H28O6. The molecule has 30 heavy (non-hydrogen) atoms. The van der Waals surface area contributed by atoms with Crippen LogP contribution in [-0.4, -0.2) is 35.2 Å². The maximum atomic E-state index is 13.2. The van der Waals surface area contributed by atoms with Crippen molar-refractivity contribution in [1.29, 1.82) is 0 Å². The van der Waals surface area contributed by atoms with Crippen LogP contribution in [0, 0.1) is 0 Å². The van der Waals surface area contributed by atoms with Crippen molar-refractivity contribution in [2.24, 2.45) is 0 Å². The zero-order chi connectivity index (χ0) is 21.7. The third-order valence-corrected chi connectivity index (χ3v) is 5.42. The van der Waals surface area contributed by atoms with E-state index in [2.05, 4.69) is 6.92 Å². The lowest BCUT2D eigenvalue weighted by molar-refractivity contribution is -0.138. The number of fused-ring (bicyclic) bond motifs is 1. The molecule has 0 saturated heterocycles. The number of carboxylic acids is 1. The quantitative estimate of drug-likeness (QED) is 0.434. The van der Waals surface area contributed by atoms with E-state index in [1.54, 1.807) is 30.3 Å². The van der Waals surface area contributed by atoms with Crippen molar-refractivity contribution in [3.63, 3.8) is 0 Å². The summed E-state index contributed by atoms with van der Waals surface area (Å²) in [5.74, 6) is -1.71. The van der Waals surface area contributed by atoms with Gasteiger partial charge in [0, 0.05) is 17.5 Å². The van der Waals surface area contributed by atoms with Gasteiger partial charge in [-0.2, -0.15) is 0 Å². The molecule has 0 spiro atoms. The van der Waals surface area contributed by atoms with Gasteiger partial charge in [-0.15, -0.1) is 0 Å². The predicted octanol–water partition coefficient (Wildman–Crippen LogP) is 4.71. The number of rotatable bonds is 10. The molecule has 160 valence electrons. The highest BCUT2D eigenvalue weighted by atomic mass is 16.5. The molecule has 0 bridgehead atoms. The van der Waals surface area contributed by atoms with Gasteiger partial charge in [-0.3, -0.25) is 9.59 Å². The van der Waals surface area contributed by atoms with Gasteiger partial charge in [0.05, 0.1) is 19.1 Å².